The van der Waals surface area contributed by atoms with Gasteiger partial charge in [-0.15, -0.1) is 0 Å². The molecule has 1 aliphatic rings. The van der Waals surface area contributed by atoms with E-state index in [9.17, 15) is 0 Å². The average molecular weight is 273 g/mol. The van der Waals surface area contributed by atoms with E-state index in [1.54, 1.807) is 0 Å². The summed E-state index contributed by atoms with van der Waals surface area (Å²) in [6, 6.07) is 10.4. The Labute approximate surface area is 125 Å². The molecule has 0 saturated heterocycles. The summed E-state index contributed by atoms with van der Waals surface area (Å²) < 4.78 is 0. The maximum atomic E-state index is 3.83. The quantitative estimate of drug-likeness (QED) is 0.745. The van der Waals surface area contributed by atoms with E-state index in [0.717, 1.165) is 12.0 Å². The average Bonchev–Trinajstić information content (AvgIpc) is 2.49. The smallest absolute Gasteiger partial charge is 0.0294 e. The van der Waals surface area contributed by atoms with Gasteiger partial charge in [-0.1, -0.05) is 51.0 Å². The van der Waals surface area contributed by atoms with E-state index in [-0.39, 0.29) is 0 Å². The van der Waals surface area contributed by atoms with Gasteiger partial charge in [-0.25, -0.2) is 0 Å². The Morgan fingerprint density at radius 2 is 1.70 bits per heavy atom. The second kappa shape index (κ2) is 7.83. The molecule has 1 aromatic rings. The van der Waals surface area contributed by atoms with Crippen LogP contribution >= 0.6 is 0 Å². The molecule has 1 fully saturated rings. The molecular formula is C19H31N. The van der Waals surface area contributed by atoms with E-state index >= 15 is 0 Å². The summed E-state index contributed by atoms with van der Waals surface area (Å²) >= 11 is 0. The maximum absolute atomic E-state index is 3.83. The summed E-state index contributed by atoms with van der Waals surface area (Å²) in [4.78, 5) is 0. The summed E-state index contributed by atoms with van der Waals surface area (Å²) in [6.45, 7) is 6.88. The molecular weight excluding hydrogens is 242 g/mol. The molecule has 1 aliphatic carbocycles. The molecule has 0 aromatic heterocycles. The predicted octanol–water partition coefficient (Wildman–Crippen LogP) is 5.26. The van der Waals surface area contributed by atoms with E-state index in [1.165, 1.54) is 56.1 Å². The molecule has 1 nitrogen and oxygen atoms in total. The van der Waals surface area contributed by atoms with Crippen LogP contribution in [0.1, 0.15) is 76.5 Å². The SMILES string of the molecule is CCCc1ccc(C(C)NC2CCC(CC)CC2)cc1. The molecule has 2 rings (SSSR count). The fraction of sp³-hybridized carbons (Fsp3) is 0.684. The minimum Gasteiger partial charge on any atom is -0.307 e. The minimum atomic E-state index is 0.480. The van der Waals surface area contributed by atoms with Crippen molar-refractivity contribution in [3.05, 3.63) is 35.4 Å². The summed E-state index contributed by atoms with van der Waals surface area (Å²) in [5, 5.41) is 3.83. The first kappa shape index (κ1) is 15.6. The lowest BCUT2D eigenvalue weighted by atomic mass is 9.84. The molecule has 0 heterocycles. The molecule has 112 valence electrons. The molecule has 1 unspecified atom stereocenters. The molecule has 20 heavy (non-hydrogen) atoms. The van der Waals surface area contributed by atoms with Gasteiger partial charge in [0.15, 0.2) is 0 Å². The van der Waals surface area contributed by atoms with Crippen molar-refractivity contribution in [1.82, 2.24) is 5.32 Å². The highest BCUT2D eigenvalue weighted by molar-refractivity contribution is 5.24. The van der Waals surface area contributed by atoms with Crippen LogP contribution in [0, 0.1) is 5.92 Å². The van der Waals surface area contributed by atoms with Gasteiger partial charge in [0.1, 0.15) is 0 Å². The normalized spacial score (nSPS) is 24.6. The van der Waals surface area contributed by atoms with Crippen molar-refractivity contribution in [3.8, 4) is 0 Å². The van der Waals surface area contributed by atoms with Crippen LogP contribution < -0.4 is 5.32 Å². The Hall–Kier alpha value is -0.820. The zero-order valence-corrected chi connectivity index (χ0v) is 13.5. The topological polar surface area (TPSA) is 12.0 Å². The summed E-state index contributed by atoms with van der Waals surface area (Å²) in [6.07, 6.45) is 9.33. The maximum Gasteiger partial charge on any atom is 0.0294 e. The van der Waals surface area contributed by atoms with Gasteiger partial charge in [-0.2, -0.15) is 0 Å². The summed E-state index contributed by atoms with van der Waals surface area (Å²) in [7, 11) is 0. The molecule has 1 N–H and O–H groups in total. The van der Waals surface area contributed by atoms with E-state index in [4.69, 9.17) is 0 Å². The highest BCUT2D eigenvalue weighted by Gasteiger charge is 2.21. The Kier molecular flexibility index (Phi) is 6.09. The molecule has 0 radical (unpaired) electrons. The van der Waals surface area contributed by atoms with Crippen molar-refractivity contribution < 1.29 is 0 Å². The van der Waals surface area contributed by atoms with Crippen molar-refractivity contribution >= 4 is 0 Å². The van der Waals surface area contributed by atoms with Crippen LogP contribution in [0.25, 0.3) is 0 Å². The largest absolute Gasteiger partial charge is 0.307 e. The molecule has 1 aromatic carbocycles. The Morgan fingerprint density at radius 1 is 1.05 bits per heavy atom. The number of rotatable bonds is 6. The fourth-order valence-corrected chi connectivity index (χ4v) is 3.45. The summed E-state index contributed by atoms with van der Waals surface area (Å²) in [5.74, 6) is 0.983. The molecule has 1 saturated carbocycles. The van der Waals surface area contributed by atoms with Crippen LogP contribution in [0.15, 0.2) is 24.3 Å². The van der Waals surface area contributed by atoms with Crippen LogP contribution in [0.2, 0.25) is 0 Å². The van der Waals surface area contributed by atoms with Gasteiger partial charge in [0.2, 0.25) is 0 Å². The van der Waals surface area contributed by atoms with Crippen molar-refractivity contribution in [2.24, 2.45) is 5.92 Å². The van der Waals surface area contributed by atoms with E-state index < -0.39 is 0 Å². The lowest BCUT2D eigenvalue weighted by Gasteiger charge is -2.31. The summed E-state index contributed by atoms with van der Waals surface area (Å²) in [5.41, 5.74) is 2.90. The third-order valence-electron chi connectivity index (χ3n) is 4.93. The molecule has 0 bridgehead atoms. The van der Waals surface area contributed by atoms with Gasteiger partial charge >= 0.3 is 0 Å². The van der Waals surface area contributed by atoms with Gasteiger partial charge in [0.25, 0.3) is 0 Å². The highest BCUT2D eigenvalue weighted by atomic mass is 14.9. The zero-order chi connectivity index (χ0) is 14.4. The first-order valence-corrected chi connectivity index (χ1v) is 8.57. The molecule has 0 spiro atoms. The Balaban J connectivity index is 1.83. The third-order valence-corrected chi connectivity index (χ3v) is 4.93. The molecule has 1 atom stereocenters. The lowest BCUT2D eigenvalue weighted by Crippen LogP contribution is -2.34. The van der Waals surface area contributed by atoms with Crippen molar-refractivity contribution in [2.45, 2.75) is 77.8 Å². The Bertz CT molecular complexity index is 373. The zero-order valence-electron chi connectivity index (χ0n) is 13.5. The van der Waals surface area contributed by atoms with E-state index in [1.807, 2.05) is 0 Å². The first-order valence-electron chi connectivity index (χ1n) is 8.57. The van der Waals surface area contributed by atoms with Crippen molar-refractivity contribution in [2.75, 3.05) is 0 Å². The lowest BCUT2D eigenvalue weighted by molar-refractivity contribution is 0.273. The highest BCUT2D eigenvalue weighted by Crippen LogP contribution is 2.28. The van der Waals surface area contributed by atoms with Crippen LogP contribution in [0.4, 0.5) is 0 Å². The predicted molar refractivity (Wildman–Crippen MR) is 88.0 cm³/mol. The van der Waals surface area contributed by atoms with Crippen molar-refractivity contribution in [1.29, 1.82) is 0 Å². The number of hydrogen-bond acceptors (Lipinski definition) is 1. The van der Waals surface area contributed by atoms with Crippen LogP contribution in [0.5, 0.6) is 0 Å². The third kappa shape index (κ3) is 4.34. The van der Waals surface area contributed by atoms with Crippen molar-refractivity contribution in [3.63, 3.8) is 0 Å². The molecule has 0 amide bonds. The number of hydrogen-bond donors (Lipinski definition) is 1. The second-order valence-electron chi connectivity index (χ2n) is 6.51. The monoisotopic (exact) mass is 273 g/mol. The van der Waals surface area contributed by atoms with Gasteiger partial charge in [0, 0.05) is 12.1 Å². The minimum absolute atomic E-state index is 0.480. The van der Waals surface area contributed by atoms with Gasteiger partial charge < -0.3 is 5.32 Å². The molecule has 0 aliphatic heterocycles. The van der Waals surface area contributed by atoms with Gasteiger partial charge in [-0.3, -0.25) is 0 Å². The molecule has 1 heteroatoms. The van der Waals surface area contributed by atoms with Crippen LogP contribution in [0.3, 0.4) is 0 Å². The number of nitrogens with one attached hydrogen (secondary N) is 1. The first-order chi connectivity index (χ1) is 9.72. The fourth-order valence-electron chi connectivity index (χ4n) is 3.45. The Morgan fingerprint density at radius 3 is 2.25 bits per heavy atom. The number of aryl methyl sites for hydroxylation is 1. The van der Waals surface area contributed by atoms with Gasteiger partial charge in [-0.05, 0) is 56.1 Å². The van der Waals surface area contributed by atoms with Crippen LogP contribution in [-0.2, 0) is 6.42 Å². The van der Waals surface area contributed by atoms with Crippen LogP contribution in [-0.4, -0.2) is 6.04 Å². The number of benzene rings is 1. The van der Waals surface area contributed by atoms with Gasteiger partial charge in [0.05, 0.1) is 0 Å². The standard InChI is InChI=1S/C19H31N/c1-4-6-17-7-11-18(12-8-17)15(3)20-19-13-9-16(5-2)10-14-19/h7-8,11-12,15-16,19-20H,4-6,9-10,13-14H2,1-3H3. The second-order valence-corrected chi connectivity index (χ2v) is 6.51. The van der Waals surface area contributed by atoms with E-state index in [2.05, 4.69) is 50.4 Å². The van der Waals surface area contributed by atoms with E-state index in [0.29, 0.717) is 6.04 Å².